The van der Waals surface area contributed by atoms with Gasteiger partial charge in [-0.2, -0.15) is 5.90 Å². The van der Waals surface area contributed by atoms with Gasteiger partial charge >= 0.3 is 0 Å². The van der Waals surface area contributed by atoms with Crippen LogP contribution in [0.1, 0.15) is 31.9 Å². The highest BCUT2D eigenvalue weighted by molar-refractivity contribution is 7.99. The summed E-state index contributed by atoms with van der Waals surface area (Å²) in [5.74, 6) is 6.81. The van der Waals surface area contributed by atoms with Crippen LogP contribution in [0.5, 0.6) is 0 Å². The average Bonchev–Trinajstić information content (AvgIpc) is 2.82. The highest BCUT2D eigenvalue weighted by atomic mass is 32.2. The van der Waals surface area contributed by atoms with Gasteiger partial charge in [0.15, 0.2) is 0 Å². The molecule has 0 saturated heterocycles. The van der Waals surface area contributed by atoms with Crippen LogP contribution in [0, 0.1) is 10.8 Å². The number of hydrogen-bond donors (Lipinski definition) is 6. The van der Waals surface area contributed by atoms with Crippen LogP contribution < -0.4 is 27.0 Å². The predicted molar refractivity (Wildman–Crippen MR) is 147 cm³/mol. The maximum atomic E-state index is 8.73. The molecule has 0 aliphatic heterocycles. The van der Waals surface area contributed by atoms with E-state index in [-0.39, 0.29) is 16.9 Å². The molecule has 1 aromatic heterocycles. The van der Waals surface area contributed by atoms with E-state index in [1.54, 1.807) is 0 Å². The Balaban J connectivity index is 1.73. The monoisotopic (exact) mass is 492 g/mol. The molecule has 3 rings (SSSR count). The second-order valence-corrected chi connectivity index (χ2v) is 9.37. The van der Waals surface area contributed by atoms with Crippen molar-refractivity contribution >= 4 is 46.4 Å². The molecule has 0 bridgehead atoms. The molecular formula is C25H32N8OS. The molecule has 9 nitrogen and oxygen atoms in total. The number of nitrogens with two attached hydrogens (primary N) is 2. The first-order chi connectivity index (χ1) is 16.7. The lowest BCUT2D eigenvalue weighted by atomic mass is 9.93. The number of rotatable bonds is 10. The van der Waals surface area contributed by atoms with Gasteiger partial charge in [0.25, 0.3) is 0 Å². The van der Waals surface area contributed by atoms with Gasteiger partial charge in [-0.25, -0.2) is 9.97 Å². The van der Waals surface area contributed by atoms with Crippen molar-refractivity contribution in [3.05, 3.63) is 77.8 Å². The van der Waals surface area contributed by atoms with Crippen molar-refractivity contribution in [2.45, 2.75) is 20.8 Å². The molecule has 0 aliphatic carbocycles. The van der Waals surface area contributed by atoms with Crippen LogP contribution in [0.3, 0.4) is 0 Å². The molecular weight excluding hydrogens is 460 g/mol. The second-order valence-electron chi connectivity index (χ2n) is 8.76. The maximum Gasteiger partial charge on any atom is 0.145 e. The Morgan fingerprint density at radius 2 is 1.66 bits per heavy atom. The van der Waals surface area contributed by atoms with Gasteiger partial charge in [0.1, 0.15) is 23.7 Å². The Labute approximate surface area is 210 Å². The SMILES string of the molecule is CSNc1ccc(C(=N)c2c(N)ncnc2Nc2ccc(NC/C=C(\ON)C(C)(C)C)cc2)cc1. The number of benzene rings is 2. The molecule has 35 heavy (non-hydrogen) atoms. The van der Waals surface area contributed by atoms with Gasteiger partial charge in [-0.15, -0.1) is 0 Å². The minimum absolute atomic E-state index is 0.164. The van der Waals surface area contributed by atoms with Crippen LogP contribution >= 0.6 is 11.9 Å². The molecule has 184 valence electrons. The lowest BCUT2D eigenvalue weighted by Crippen LogP contribution is -2.17. The van der Waals surface area contributed by atoms with Crippen molar-refractivity contribution in [1.29, 1.82) is 5.41 Å². The van der Waals surface area contributed by atoms with Crippen molar-refractivity contribution in [3.8, 4) is 0 Å². The third-order valence-electron chi connectivity index (χ3n) is 5.13. The zero-order chi connectivity index (χ0) is 25.4. The summed E-state index contributed by atoms with van der Waals surface area (Å²) in [5.41, 5.74) is 10.1. The molecule has 0 unspecified atom stereocenters. The Morgan fingerprint density at radius 1 is 1.03 bits per heavy atom. The largest absolute Gasteiger partial charge is 0.416 e. The minimum atomic E-state index is -0.164. The first-order valence-corrected chi connectivity index (χ1v) is 12.2. The smallest absolute Gasteiger partial charge is 0.145 e. The fourth-order valence-corrected chi connectivity index (χ4v) is 3.68. The summed E-state index contributed by atoms with van der Waals surface area (Å²) in [6, 6.07) is 15.3. The molecule has 8 N–H and O–H groups in total. The van der Waals surface area contributed by atoms with E-state index >= 15 is 0 Å². The van der Waals surface area contributed by atoms with Crippen LogP contribution in [0.15, 0.2) is 66.7 Å². The molecule has 0 atom stereocenters. The van der Waals surface area contributed by atoms with Gasteiger partial charge in [0.2, 0.25) is 0 Å². The number of aromatic nitrogens is 2. The fourth-order valence-electron chi connectivity index (χ4n) is 3.31. The van der Waals surface area contributed by atoms with Crippen molar-refractivity contribution in [3.63, 3.8) is 0 Å². The van der Waals surface area contributed by atoms with E-state index in [1.807, 2.05) is 81.6 Å². The van der Waals surface area contributed by atoms with Crippen LogP contribution in [0.25, 0.3) is 0 Å². The number of anilines is 5. The summed E-state index contributed by atoms with van der Waals surface area (Å²) in [5, 5.41) is 15.3. The van der Waals surface area contributed by atoms with Crippen molar-refractivity contribution in [2.75, 3.05) is 33.9 Å². The Hall–Kier alpha value is -3.76. The Kier molecular flexibility index (Phi) is 8.56. The third kappa shape index (κ3) is 6.87. The topological polar surface area (TPSA) is 147 Å². The number of nitrogens with one attached hydrogen (secondary N) is 4. The van der Waals surface area contributed by atoms with Gasteiger partial charge in [-0.3, -0.25) is 5.41 Å². The standard InChI is InChI=1S/C25H32N8OS/c1-25(2,3)20(34-28)13-14-29-17-9-11-18(12-10-17)32-24-21(23(27)30-15-31-24)22(26)16-5-7-19(8-6-16)33-35-4/h5-13,15,26,29,33H,14,28H2,1-4H3,(H3,27,30,31,32)/b20-13-,26-22?. The summed E-state index contributed by atoms with van der Waals surface area (Å²) in [7, 11) is 0. The zero-order valence-electron chi connectivity index (χ0n) is 20.3. The van der Waals surface area contributed by atoms with Gasteiger partial charge in [-0.1, -0.05) is 44.9 Å². The molecule has 0 radical (unpaired) electrons. The quantitative estimate of drug-likeness (QED) is 0.0979. The van der Waals surface area contributed by atoms with Gasteiger partial charge in [0.05, 0.1) is 11.3 Å². The van der Waals surface area contributed by atoms with E-state index in [2.05, 4.69) is 25.3 Å². The van der Waals surface area contributed by atoms with Crippen LogP contribution in [0.2, 0.25) is 0 Å². The molecule has 0 aliphatic rings. The highest BCUT2D eigenvalue weighted by Crippen LogP contribution is 2.27. The fraction of sp³-hybridized carbons (Fsp3) is 0.240. The molecule has 0 amide bonds. The van der Waals surface area contributed by atoms with Crippen molar-refractivity contribution in [2.24, 2.45) is 11.3 Å². The van der Waals surface area contributed by atoms with Gasteiger partial charge < -0.3 is 25.9 Å². The molecule has 10 heteroatoms. The summed E-state index contributed by atoms with van der Waals surface area (Å²) in [6.45, 7) is 6.69. The maximum absolute atomic E-state index is 8.73. The number of nitrogens with zero attached hydrogens (tertiary/aromatic N) is 2. The second kappa shape index (κ2) is 11.6. The Bertz CT molecular complexity index is 1170. The molecule has 3 aromatic rings. The van der Waals surface area contributed by atoms with E-state index < -0.39 is 0 Å². The van der Waals surface area contributed by atoms with Crippen molar-refractivity contribution in [1.82, 2.24) is 9.97 Å². The summed E-state index contributed by atoms with van der Waals surface area (Å²) in [4.78, 5) is 13.4. The Morgan fingerprint density at radius 3 is 2.26 bits per heavy atom. The zero-order valence-corrected chi connectivity index (χ0v) is 21.2. The highest BCUT2D eigenvalue weighted by Gasteiger charge is 2.18. The molecule has 0 fully saturated rings. The lowest BCUT2D eigenvalue weighted by Gasteiger charge is -2.20. The number of allylic oxidation sites excluding steroid dienone is 1. The van der Waals surface area contributed by atoms with Crippen LogP contribution in [-0.4, -0.2) is 28.5 Å². The van der Waals surface area contributed by atoms with Crippen LogP contribution in [0.4, 0.5) is 28.7 Å². The summed E-state index contributed by atoms with van der Waals surface area (Å²) >= 11 is 1.51. The third-order valence-corrected chi connectivity index (χ3v) is 5.57. The molecule has 0 spiro atoms. The van der Waals surface area contributed by atoms with Crippen LogP contribution in [-0.2, 0) is 4.84 Å². The van der Waals surface area contributed by atoms with E-state index in [1.165, 1.54) is 18.3 Å². The summed E-state index contributed by atoms with van der Waals surface area (Å²) in [6.07, 6.45) is 5.27. The first-order valence-electron chi connectivity index (χ1n) is 11.0. The average molecular weight is 493 g/mol. The number of hydrogen-bond acceptors (Lipinski definition) is 10. The lowest BCUT2D eigenvalue weighted by molar-refractivity contribution is 0.155. The number of nitrogen functional groups attached to an aromatic ring is 1. The predicted octanol–water partition coefficient (Wildman–Crippen LogP) is 5.14. The normalized spacial score (nSPS) is 11.6. The molecule has 2 aromatic carbocycles. The minimum Gasteiger partial charge on any atom is -0.416 e. The summed E-state index contributed by atoms with van der Waals surface area (Å²) < 4.78 is 3.17. The van der Waals surface area contributed by atoms with Crippen molar-refractivity contribution < 1.29 is 4.84 Å². The molecule has 0 saturated carbocycles. The van der Waals surface area contributed by atoms with E-state index in [0.29, 0.717) is 23.5 Å². The van der Waals surface area contributed by atoms with E-state index in [0.717, 1.165) is 22.8 Å². The van der Waals surface area contributed by atoms with Gasteiger partial charge in [-0.05, 0) is 42.5 Å². The first kappa shape index (κ1) is 25.9. The molecule has 1 heterocycles. The van der Waals surface area contributed by atoms with Gasteiger partial charge in [0, 0.05) is 40.8 Å². The van der Waals surface area contributed by atoms with E-state index in [4.69, 9.17) is 21.9 Å². The van der Waals surface area contributed by atoms with E-state index in [9.17, 15) is 0 Å².